The Morgan fingerprint density at radius 1 is 1.19 bits per heavy atom. The molecule has 0 aliphatic rings. The van der Waals surface area contributed by atoms with Crippen molar-refractivity contribution in [2.24, 2.45) is 0 Å². The third kappa shape index (κ3) is 2.89. The summed E-state index contributed by atoms with van der Waals surface area (Å²) in [5.41, 5.74) is 1.72. The molecule has 0 atom stereocenters. The van der Waals surface area contributed by atoms with Gasteiger partial charge in [-0.3, -0.25) is 0 Å². The quantitative estimate of drug-likeness (QED) is 0.617. The summed E-state index contributed by atoms with van der Waals surface area (Å²) >= 11 is 5.60. The van der Waals surface area contributed by atoms with Crippen LogP contribution in [0.2, 0.25) is 0 Å². The van der Waals surface area contributed by atoms with Crippen molar-refractivity contribution >= 4 is 28.7 Å². The highest BCUT2D eigenvalue weighted by atomic mass is 35.5. The topological polar surface area (TPSA) is 38.1 Å². The van der Waals surface area contributed by atoms with E-state index in [1.807, 2.05) is 24.3 Å². The first-order valence-corrected chi connectivity index (χ1v) is 6.09. The Morgan fingerprint density at radius 2 is 2.06 bits per heavy atom. The number of hydrogen-bond donors (Lipinski definition) is 1. The molecule has 1 heterocycles. The lowest BCUT2D eigenvalue weighted by Crippen LogP contribution is -2.01. The van der Waals surface area contributed by atoms with Crippen molar-refractivity contribution < 1.29 is 4.42 Å². The number of oxazole rings is 1. The Kier molecular flexibility index (Phi) is 4.05. The number of para-hydroxylation sites is 2. The van der Waals surface area contributed by atoms with Gasteiger partial charge in [0.25, 0.3) is 6.01 Å². The number of halogens is 1. The lowest BCUT2D eigenvalue weighted by atomic mass is 10.2. The highest BCUT2D eigenvalue weighted by Crippen LogP contribution is 2.17. The van der Waals surface area contributed by atoms with Gasteiger partial charge in [-0.2, -0.15) is 4.98 Å². The van der Waals surface area contributed by atoms with Crippen LogP contribution >= 0.6 is 11.6 Å². The molecule has 0 radical (unpaired) electrons. The SMILES string of the molecule is ClCCCCCNc1nc2ccccc2o1. The van der Waals surface area contributed by atoms with Crippen LogP contribution in [0.3, 0.4) is 0 Å². The molecule has 0 saturated carbocycles. The fraction of sp³-hybridized carbons (Fsp3) is 0.417. The first-order chi connectivity index (χ1) is 7.90. The molecule has 1 N–H and O–H groups in total. The van der Waals surface area contributed by atoms with Gasteiger partial charge in [-0.25, -0.2) is 0 Å². The highest BCUT2D eigenvalue weighted by molar-refractivity contribution is 6.17. The van der Waals surface area contributed by atoms with E-state index in [1.54, 1.807) is 0 Å². The van der Waals surface area contributed by atoms with Crippen molar-refractivity contribution in [1.82, 2.24) is 4.98 Å². The Hall–Kier alpha value is -1.22. The molecule has 2 aromatic rings. The van der Waals surface area contributed by atoms with Crippen molar-refractivity contribution in [2.75, 3.05) is 17.7 Å². The first kappa shape index (κ1) is 11.3. The van der Waals surface area contributed by atoms with Crippen LogP contribution in [-0.4, -0.2) is 17.4 Å². The van der Waals surface area contributed by atoms with Gasteiger partial charge in [-0.1, -0.05) is 18.6 Å². The van der Waals surface area contributed by atoms with Crippen LogP contribution in [0.1, 0.15) is 19.3 Å². The minimum Gasteiger partial charge on any atom is -0.424 e. The number of benzene rings is 1. The fourth-order valence-corrected chi connectivity index (χ4v) is 1.73. The van der Waals surface area contributed by atoms with E-state index in [4.69, 9.17) is 16.0 Å². The molecule has 0 bridgehead atoms. The summed E-state index contributed by atoms with van der Waals surface area (Å²) in [7, 11) is 0. The van der Waals surface area contributed by atoms with Gasteiger partial charge < -0.3 is 9.73 Å². The third-order valence-electron chi connectivity index (χ3n) is 2.38. The molecule has 3 nitrogen and oxygen atoms in total. The maximum absolute atomic E-state index is 5.60. The van der Waals surface area contributed by atoms with Crippen LogP contribution < -0.4 is 5.32 Å². The van der Waals surface area contributed by atoms with E-state index in [-0.39, 0.29) is 0 Å². The zero-order valence-electron chi connectivity index (χ0n) is 9.08. The maximum Gasteiger partial charge on any atom is 0.295 e. The predicted octanol–water partition coefficient (Wildman–Crippen LogP) is 3.65. The van der Waals surface area contributed by atoms with Gasteiger partial charge in [0.1, 0.15) is 5.52 Å². The van der Waals surface area contributed by atoms with Crippen LogP contribution in [0.15, 0.2) is 28.7 Å². The Morgan fingerprint density at radius 3 is 2.88 bits per heavy atom. The van der Waals surface area contributed by atoms with E-state index in [1.165, 1.54) is 0 Å². The van der Waals surface area contributed by atoms with Crippen LogP contribution in [0.25, 0.3) is 11.1 Å². The monoisotopic (exact) mass is 238 g/mol. The molecule has 0 fully saturated rings. The zero-order chi connectivity index (χ0) is 11.2. The van der Waals surface area contributed by atoms with Crippen LogP contribution in [-0.2, 0) is 0 Å². The van der Waals surface area contributed by atoms with Crippen molar-refractivity contribution in [2.45, 2.75) is 19.3 Å². The summed E-state index contributed by atoms with van der Waals surface area (Å²) in [4.78, 5) is 4.33. The average Bonchev–Trinajstić information content (AvgIpc) is 2.71. The Labute approximate surface area is 99.8 Å². The molecule has 1 aromatic heterocycles. The van der Waals surface area contributed by atoms with Crippen LogP contribution in [0, 0.1) is 0 Å². The van der Waals surface area contributed by atoms with E-state index < -0.39 is 0 Å². The summed E-state index contributed by atoms with van der Waals surface area (Å²) in [6.45, 7) is 0.879. The van der Waals surface area contributed by atoms with Crippen molar-refractivity contribution in [3.63, 3.8) is 0 Å². The molecule has 4 heteroatoms. The van der Waals surface area contributed by atoms with Crippen molar-refractivity contribution in [3.05, 3.63) is 24.3 Å². The molecule has 0 unspecified atom stereocenters. The van der Waals surface area contributed by atoms with Gasteiger partial charge in [0.15, 0.2) is 5.58 Å². The van der Waals surface area contributed by atoms with Gasteiger partial charge in [0, 0.05) is 12.4 Å². The fourth-order valence-electron chi connectivity index (χ4n) is 1.54. The molecule has 1 aromatic carbocycles. The summed E-state index contributed by atoms with van der Waals surface area (Å²) in [6.07, 6.45) is 3.29. The number of nitrogens with one attached hydrogen (secondary N) is 1. The number of nitrogens with zero attached hydrogens (tertiary/aromatic N) is 1. The molecule has 0 saturated heterocycles. The largest absolute Gasteiger partial charge is 0.424 e. The number of aromatic nitrogens is 1. The summed E-state index contributed by atoms with van der Waals surface area (Å²) in [5, 5.41) is 3.17. The van der Waals surface area contributed by atoms with Crippen molar-refractivity contribution in [3.8, 4) is 0 Å². The van der Waals surface area contributed by atoms with E-state index in [0.29, 0.717) is 6.01 Å². The normalized spacial score (nSPS) is 10.8. The standard InChI is InChI=1S/C12H15ClN2O/c13-8-4-1-5-9-14-12-15-10-6-2-3-7-11(10)16-12/h2-3,6-7H,1,4-5,8-9H2,(H,14,15). The number of rotatable bonds is 6. The number of anilines is 1. The molecule has 86 valence electrons. The second-order valence-electron chi connectivity index (χ2n) is 3.66. The summed E-state index contributed by atoms with van der Waals surface area (Å²) in [5.74, 6) is 0.739. The van der Waals surface area contributed by atoms with Gasteiger partial charge in [0.2, 0.25) is 0 Å². The van der Waals surface area contributed by atoms with E-state index in [9.17, 15) is 0 Å². The van der Waals surface area contributed by atoms with Crippen LogP contribution in [0.5, 0.6) is 0 Å². The van der Waals surface area contributed by atoms with Gasteiger partial charge in [0.05, 0.1) is 0 Å². The number of alkyl halides is 1. The molecular weight excluding hydrogens is 224 g/mol. The van der Waals surface area contributed by atoms with E-state index >= 15 is 0 Å². The molecule has 16 heavy (non-hydrogen) atoms. The molecule has 2 rings (SSSR count). The molecule has 0 aliphatic carbocycles. The lowest BCUT2D eigenvalue weighted by molar-refractivity contribution is 0.609. The van der Waals surface area contributed by atoms with E-state index in [0.717, 1.165) is 42.8 Å². The van der Waals surface area contributed by atoms with Crippen molar-refractivity contribution in [1.29, 1.82) is 0 Å². The Bertz CT molecular complexity index is 408. The van der Waals surface area contributed by atoms with Crippen LogP contribution in [0.4, 0.5) is 6.01 Å². The average molecular weight is 239 g/mol. The second kappa shape index (κ2) is 5.75. The summed E-state index contributed by atoms with van der Waals surface area (Å²) in [6, 6.07) is 8.36. The van der Waals surface area contributed by atoms with Gasteiger partial charge >= 0.3 is 0 Å². The number of hydrogen-bond acceptors (Lipinski definition) is 3. The van der Waals surface area contributed by atoms with Gasteiger partial charge in [-0.05, 0) is 25.0 Å². The molecule has 0 amide bonds. The minimum absolute atomic E-state index is 0.604. The zero-order valence-corrected chi connectivity index (χ0v) is 9.83. The van der Waals surface area contributed by atoms with Gasteiger partial charge in [-0.15, -0.1) is 11.6 Å². The highest BCUT2D eigenvalue weighted by Gasteiger charge is 2.02. The first-order valence-electron chi connectivity index (χ1n) is 5.55. The second-order valence-corrected chi connectivity index (χ2v) is 4.04. The lowest BCUT2D eigenvalue weighted by Gasteiger charge is -1.99. The van der Waals surface area contributed by atoms with E-state index in [2.05, 4.69) is 10.3 Å². The molecular formula is C12H15ClN2O. The Balaban J connectivity index is 1.85. The maximum atomic E-state index is 5.60. The molecule has 0 spiro atoms. The smallest absolute Gasteiger partial charge is 0.295 e. The number of fused-ring (bicyclic) bond motifs is 1. The number of unbranched alkanes of at least 4 members (excludes halogenated alkanes) is 2. The minimum atomic E-state index is 0.604. The predicted molar refractivity (Wildman–Crippen MR) is 67.1 cm³/mol. The third-order valence-corrected chi connectivity index (χ3v) is 2.65. The summed E-state index contributed by atoms with van der Waals surface area (Å²) < 4.78 is 5.53. The molecule has 0 aliphatic heterocycles.